The largest absolute Gasteiger partial charge is 0.309 e. The first-order valence-corrected chi connectivity index (χ1v) is 16.9. The number of para-hydroxylation sites is 3. The normalized spacial score (nSPS) is 14.0. The first-order valence-electron chi connectivity index (χ1n) is 19.4. The molecule has 3 aromatic heterocycles. The summed E-state index contributed by atoms with van der Waals surface area (Å²) in [5.74, 6) is 1.49. The van der Waals surface area contributed by atoms with Gasteiger partial charge in [0.1, 0.15) is 5.82 Å². The summed E-state index contributed by atoms with van der Waals surface area (Å²) in [4.78, 5) is 15.8. The monoisotopic (exact) mass is 656 g/mol. The van der Waals surface area contributed by atoms with Crippen LogP contribution in [0.2, 0.25) is 0 Å². The Morgan fingerprint density at radius 3 is 1.69 bits per heavy atom. The molecule has 0 spiro atoms. The maximum absolute atomic E-state index is 8.93. The molecule has 0 bridgehead atoms. The smallest absolute Gasteiger partial charge is 0.238 e. The second-order valence-corrected chi connectivity index (χ2v) is 12.8. The van der Waals surface area contributed by atoms with Crippen LogP contribution in [0.15, 0.2) is 170 Å². The van der Waals surface area contributed by atoms with E-state index in [9.17, 15) is 0 Å². The van der Waals surface area contributed by atoms with Gasteiger partial charge in [-0.25, -0.2) is 4.98 Å². The zero-order valence-electron chi connectivity index (χ0n) is 32.1. The predicted octanol–water partition coefficient (Wildman–Crippen LogP) is 10.9. The van der Waals surface area contributed by atoms with Gasteiger partial charge in [0.25, 0.3) is 0 Å². The van der Waals surface area contributed by atoms with Crippen LogP contribution in [-0.4, -0.2) is 24.1 Å². The molecule has 238 valence electrons. The lowest BCUT2D eigenvalue weighted by Crippen LogP contribution is -2.12. The standard InChI is InChI=1S/C46H29N5/c1-3-15-29(16-4-1)44-47-45(41-33-21-9-7-19-31(33)32-20-8-10-22-34(32)41)49-46(48-44)51-38-26-14-12-24-36(38)43-40(51)28-27-39-42(43)35-23-11-13-25-37(35)50(39)30-17-5-2-6-18-30/h1-28,41H/i2D,5D,6D,17D,18D. The van der Waals surface area contributed by atoms with Crippen LogP contribution in [0.4, 0.5) is 0 Å². The first kappa shape index (κ1) is 23.5. The van der Waals surface area contributed by atoms with Crippen molar-refractivity contribution in [3.05, 3.63) is 187 Å². The van der Waals surface area contributed by atoms with E-state index in [1.807, 2.05) is 78.9 Å². The Morgan fingerprint density at radius 2 is 1.02 bits per heavy atom. The van der Waals surface area contributed by atoms with Crippen LogP contribution in [0.5, 0.6) is 0 Å². The SMILES string of the molecule is [2H]c1c([2H])c([2H])c(-n2c3ccccc3c3c4c5ccccc5n(-c5nc(-c6ccccc6)nc(C6c7ccccc7-c7ccccc76)n5)c4ccc32)c([2H])c1[2H]. The Hall–Kier alpha value is -6.85. The van der Waals surface area contributed by atoms with E-state index < -0.39 is 6.04 Å². The van der Waals surface area contributed by atoms with E-state index in [1.165, 1.54) is 11.1 Å². The molecule has 7 aromatic carbocycles. The zero-order valence-corrected chi connectivity index (χ0v) is 27.1. The number of benzene rings is 7. The van der Waals surface area contributed by atoms with Crippen LogP contribution in [0.25, 0.3) is 77.8 Å². The molecule has 0 atom stereocenters. The molecule has 0 radical (unpaired) electrons. The van der Waals surface area contributed by atoms with E-state index in [0.717, 1.165) is 60.3 Å². The van der Waals surface area contributed by atoms with Crippen molar-refractivity contribution in [1.82, 2.24) is 24.1 Å². The maximum atomic E-state index is 8.93. The summed E-state index contributed by atoms with van der Waals surface area (Å²) in [6.45, 7) is 0. The second-order valence-electron chi connectivity index (χ2n) is 12.8. The quantitative estimate of drug-likeness (QED) is 0.189. The maximum Gasteiger partial charge on any atom is 0.238 e. The summed E-state index contributed by atoms with van der Waals surface area (Å²) in [6, 6.07) is 45.2. The summed E-state index contributed by atoms with van der Waals surface area (Å²) in [5, 5.41) is 3.71. The van der Waals surface area contributed by atoms with E-state index in [1.54, 1.807) is 4.57 Å². The molecule has 0 N–H and O–H groups in total. The molecule has 51 heavy (non-hydrogen) atoms. The van der Waals surface area contributed by atoms with Crippen molar-refractivity contribution in [2.45, 2.75) is 5.92 Å². The Bertz CT molecular complexity index is 3200. The van der Waals surface area contributed by atoms with Crippen LogP contribution < -0.4 is 0 Å². The molecule has 5 nitrogen and oxygen atoms in total. The van der Waals surface area contributed by atoms with Crippen LogP contribution in [0.1, 0.15) is 29.7 Å². The van der Waals surface area contributed by atoms with E-state index in [-0.39, 0.29) is 35.8 Å². The molecular formula is C46H29N5. The third kappa shape index (κ3) is 4.06. The van der Waals surface area contributed by atoms with E-state index in [0.29, 0.717) is 17.6 Å². The second kappa shape index (κ2) is 10.8. The van der Waals surface area contributed by atoms with E-state index in [2.05, 4.69) is 65.2 Å². The van der Waals surface area contributed by atoms with Crippen molar-refractivity contribution < 1.29 is 6.85 Å². The fourth-order valence-electron chi connectivity index (χ4n) is 8.09. The molecule has 0 aliphatic heterocycles. The predicted molar refractivity (Wildman–Crippen MR) is 207 cm³/mol. The van der Waals surface area contributed by atoms with Gasteiger partial charge in [-0.3, -0.25) is 4.57 Å². The van der Waals surface area contributed by atoms with Crippen molar-refractivity contribution >= 4 is 43.6 Å². The van der Waals surface area contributed by atoms with Crippen molar-refractivity contribution in [3.8, 4) is 34.2 Å². The molecule has 10 aromatic rings. The fraction of sp³-hybridized carbons (Fsp3) is 0.0217. The highest BCUT2D eigenvalue weighted by Crippen LogP contribution is 2.47. The molecule has 0 fully saturated rings. The van der Waals surface area contributed by atoms with Gasteiger partial charge in [-0.05, 0) is 58.6 Å². The van der Waals surface area contributed by atoms with E-state index in [4.69, 9.17) is 21.8 Å². The van der Waals surface area contributed by atoms with Gasteiger partial charge in [0.05, 0.1) is 34.8 Å². The molecule has 0 amide bonds. The highest BCUT2D eigenvalue weighted by Gasteiger charge is 2.33. The van der Waals surface area contributed by atoms with Crippen molar-refractivity contribution in [2.75, 3.05) is 0 Å². The first-order chi connectivity index (χ1) is 27.4. The molecule has 1 aliphatic carbocycles. The van der Waals surface area contributed by atoms with Crippen LogP contribution >= 0.6 is 0 Å². The third-order valence-electron chi connectivity index (χ3n) is 10.1. The van der Waals surface area contributed by atoms with Gasteiger partial charge in [-0.2, -0.15) is 9.97 Å². The summed E-state index contributed by atoms with van der Waals surface area (Å²) < 4.78 is 47.0. The van der Waals surface area contributed by atoms with Gasteiger partial charge in [0.2, 0.25) is 5.95 Å². The minimum Gasteiger partial charge on any atom is -0.309 e. The molecule has 0 saturated heterocycles. The highest BCUT2D eigenvalue weighted by molar-refractivity contribution is 6.28. The van der Waals surface area contributed by atoms with Gasteiger partial charge >= 0.3 is 0 Å². The molecule has 0 saturated carbocycles. The zero-order chi connectivity index (χ0) is 37.8. The van der Waals surface area contributed by atoms with Crippen LogP contribution in [0, 0.1) is 0 Å². The molecular weight excluding hydrogens is 623 g/mol. The molecule has 5 heteroatoms. The molecule has 3 heterocycles. The number of fused-ring (bicyclic) bond motifs is 10. The number of aromatic nitrogens is 5. The van der Waals surface area contributed by atoms with Crippen molar-refractivity contribution in [3.63, 3.8) is 0 Å². The Labute approximate surface area is 300 Å². The summed E-state index contributed by atoms with van der Waals surface area (Å²) >= 11 is 0. The number of rotatable bonds is 4. The Morgan fingerprint density at radius 1 is 0.471 bits per heavy atom. The number of hydrogen-bond acceptors (Lipinski definition) is 3. The molecule has 11 rings (SSSR count). The summed E-state index contributed by atoms with van der Waals surface area (Å²) in [6.07, 6.45) is 0. The third-order valence-corrected chi connectivity index (χ3v) is 10.1. The Balaban J connectivity index is 1.24. The summed E-state index contributed by atoms with van der Waals surface area (Å²) in [7, 11) is 0. The van der Waals surface area contributed by atoms with Crippen molar-refractivity contribution in [1.29, 1.82) is 0 Å². The molecule has 0 unspecified atom stereocenters. The average Bonchev–Trinajstić information content (AvgIpc) is 3.88. The lowest BCUT2D eigenvalue weighted by molar-refractivity contribution is 0.823. The molecule has 1 aliphatic rings. The fourth-order valence-corrected chi connectivity index (χ4v) is 8.09. The average molecular weight is 657 g/mol. The minimum absolute atomic E-state index is 0.108. The van der Waals surface area contributed by atoms with Gasteiger partial charge in [-0.1, -0.05) is 133 Å². The van der Waals surface area contributed by atoms with Gasteiger partial charge in [-0.15, -0.1) is 0 Å². The summed E-state index contributed by atoms with van der Waals surface area (Å²) in [5.41, 5.74) is 8.85. The topological polar surface area (TPSA) is 48.5 Å². The highest BCUT2D eigenvalue weighted by atomic mass is 15.2. The number of hydrogen-bond donors (Lipinski definition) is 0. The van der Waals surface area contributed by atoms with Gasteiger partial charge < -0.3 is 4.57 Å². The van der Waals surface area contributed by atoms with Crippen LogP contribution in [-0.2, 0) is 0 Å². The van der Waals surface area contributed by atoms with E-state index >= 15 is 0 Å². The number of nitrogens with zero attached hydrogens (tertiary/aromatic N) is 5. The van der Waals surface area contributed by atoms with Gasteiger partial charge in [0, 0.05) is 32.8 Å². The minimum atomic E-state index is -0.425. The lowest BCUT2D eigenvalue weighted by Gasteiger charge is -2.16. The Kier molecular flexibility index (Phi) is 4.99. The van der Waals surface area contributed by atoms with Gasteiger partial charge in [0.15, 0.2) is 5.82 Å². The van der Waals surface area contributed by atoms with Crippen molar-refractivity contribution in [2.24, 2.45) is 0 Å². The lowest BCUT2D eigenvalue weighted by atomic mass is 9.96. The van der Waals surface area contributed by atoms with Crippen LogP contribution in [0.3, 0.4) is 0 Å².